The van der Waals surface area contributed by atoms with Crippen LogP contribution >= 0.6 is 0 Å². The van der Waals surface area contributed by atoms with E-state index in [1.807, 2.05) is 31.2 Å². The highest BCUT2D eigenvalue weighted by molar-refractivity contribution is 5.77. The molecule has 1 fully saturated rings. The minimum Gasteiger partial charge on any atom is -0.391 e. The van der Waals surface area contributed by atoms with E-state index >= 15 is 0 Å². The number of amides is 1. The van der Waals surface area contributed by atoms with E-state index < -0.39 is 0 Å². The van der Waals surface area contributed by atoms with Crippen LogP contribution in [0.25, 0.3) is 0 Å². The van der Waals surface area contributed by atoms with Gasteiger partial charge in [-0.3, -0.25) is 4.79 Å². The molecule has 0 radical (unpaired) electrons. The molecule has 0 spiro atoms. The molecular formula is C14H20N2O2. The van der Waals surface area contributed by atoms with Crippen molar-refractivity contribution >= 4 is 5.91 Å². The van der Waals surface area contributed by atoms with E-state index in [9.17, 15) is 9.90 Å². The zero-order valence-corrected chi connectivity index (χ0v) is 10.7. The number of aryl methyl sites for hydroxylation is 1. The summed E-state index contributed by atoms with van der Waals surface area (Å²) in [4.78, 5) is 13.7. The Kier molecular flexibility index (Phi) is 3.99. The molecule has 1 aliphatic rings. The topological polar surface area (TPSA) is 66.6 Å². The van der Waals surface area contributed by atoms with Gasteiger partial charge in [0, 0.05) is 25.6 Å². The summed E-state index contributed by atoms with van der Waals surface area (Å²) in [6.07, 6.45) is 0.603. The molecule has 0 aromatic heterocycles. The van der Waals surface area contributed by atoms with Crippen molar-refractivity contribution in [1.82, 2.24) is 4.90 Å². The zero-order valence-electron chi connectivity index (χ0n) is 10.7. The first kappa shape index (κ1) is 13.1. The highest BCUT2D eigenvalue weighted by atomic mass is 16.3. The van der Waals surface area contributed by atoms with Crippen LogP contribution < -0.4 is 5.73 Å². The quantitative estimate of drug-likeness (QED) is 0.838. The second kappa shape index (κ2) is 5.50. The molecule has 1 amide bonds. The number of aliphatic hydroxyl groups excluding tert-OH is 1. The zero-order chi connectivity index (χ0) is 13.1. The fourth-order valence-corrected chi connectivity index (χ4v) is 2.40. The fraction of sp³-hybridized carbons (Fsp3) is 0.500. The van der Waals surface area contributed by atoms with Crippen molar-refractivity contribution in [3.63, 3.8) is 0 Å². The van der Waals surface area contributed by atoms with E-state index in [1.165, 1.54) is 0 Å². The number of nitrogens with zero attached hydrogens (tertiary/aromatic N) is 1. The number of likely N-dealkylation sites (tertiary alicyclic amines) is 1. The summed E-state index contributed by atoms with van der Waals surface area (Å²) in [6.45, 7) is 3.08. The van der Waals surface area contributed by atoms with Crippen molar-refractivity contribution in [2.24, 2.45) is 5.73 Å². The van der Waals surface area contributed by atoms with Gasteiger partial charge < -0.3 is 15.7 Å². The SMILES string of the molecule is Cc1ccccc1[C@@H](N)CC(=O)N1CCC(O)C1. The van der Waals surface area contributed by atoms with Gasteiger partial charge in [-0.15, -0.1) is 0 Å². The molecule has 1 aromatic rings. The third-order valence-electron chi connectivity index (χ3n) is 3.50. The number of hydrogen-bond acceptors (Lipinski definition) is 3. The number of nitrogens with two attached hydrogens (primary N) is 1. The first-order chi connectivity index (χ1) is 8.58. The Hall–Kier alpha value is -1.39. The predicted octanol–water partition coefficient (Wildman–Crippen LogP) is 0.978. The van der Waals surface area contributed by atoms with Crippen molar-refractivity contribution in [3.8, 4) is 0 Å². The lowest BCUT2D eigenvalue weighted by molar-refractivity contribution is -0.130. The number of rotatable bonds is 3. The third-order valence-corrected chi connectivity index (χ3v) is 3.50. The molecule has 1 unspecified atom stereocenters. The average molecular weight is 248 g/mol. The molecule has 2 rings (SSSR count). The van der Waals surface area contributed by atoms with Crippen molar-refractivity contribution in [1.29, 1.82) is 0 Å². The summed E-state index contributed by atoms with van der Waals surface area (Å²) in [7, 11) is 0. The van der Waals surface area contributed by atoms with Crippen molar-refractivity contribution < 1.29 is 9.90 Å². The molecule has 1 aromatic carbocycles. The Morgan fingerprint density at radius 3 is 2.89 bits per heavy atom. The number of carbonyl (C=O) groups is 1. The number of hydrogen-bond donors (Lipinski definition) is 2. The Labute approximate surface area is 107 Å². The first-order valence-corrected chi connectivity index (χ1v) is 6.35. The largest absolute Gasteiger partial charge is 0.391 e. The smallest absolute Gasteiger partial charge is 0.224 e. The molecule has 4 nitrogen and oxygen atoms in total. The van der Waals surface area contributed by atoms with Gasteiger partial charge in [-0.2, -0.15) is 0 Å². The Bertz CT molecular complexity index is 434. The molecule has 1 heterocycles. The predicted molar refractivity (Wildman–Crippen MR) is 69.9 cm³/mol. The fourth-order valence-electron chi connectivity index (χ4n) is 2.40. The van der Waals surface area contributed by atoms with Crippen LogP contribution in [0.5, 0.6) is 0 Å². The van der Waals surface area contributed by atoms with Crippen molar-refractivity contribution in [2.45, 2.75) is 31.9 Å². The summed E-state index contributed by atoms with van der Waals surface area (Å²) >= 11 is 0. The number of benzene rings is 1. The lowest BCUT2D eigenvalue weighted by Gasteiger charge is -2.19. The van der Waals surface area contributed by atoms with Gasteiger partial charge in [0.2, 0.25) is 5.91 Å². The van der Waals surface area contributed by atoms with Gasteiger partial charge in [-0.25, -0.2) is 0 Å². The Morgan fingerprint density at radius 1 is 1.56 bits per heavy atom. The van der Waals surface area contributed by atoms with Gasteiger partial charge in [0.1, 0.15) is 0 Å². The van der Waals surface area contributed by atoms with Crippen LogP contribution in [-0.4, -0.2) is 35.1 Å². The summed E-state index contributed by atoms with van der Waals surface area (Å²) < 4.78 is 0. The lowest BCUT2D eigenvalue weighted by atomic mass is 9.99. The second-order valence-corrected chi connectivity index (χ2v) is 4.95. The van der Waals surface area contributed by atoms with Crippen LogP contribution in [0.1, 0.15) is 30.0 Å². The second-order valence-electron chi connectivity index (χ2n) is 4.95. The van der Waals surface area contributed by atoms with Crippen LogP contribution in [0.3, 0.4) is 0 Å². The van der Waals surface area contributed by atoms with Crippen molar-refractivity contribution in [2.75, 3.05) is 13.1 Å². The number of β-amino-alcohol motifs (C(OH)–C–C–N with tert-alkyl or cyclic N) is 1. The molecular weight excluding hydrogens is 228 g/mol. The number of carbonyl (C=O) groups excluding carboxylic acids is 1. The van der Waals surface area contributed by atoms with Gasteiger partial charge in [0.05, 0.1) is 6.10 Å². The Balaban J connectivity index is 1.97. The van der Waals surface area contributed by atoms with Crippen LogP contribution in [-0.2, 0) is 4.79 Å². The van der Waals surface area contributed by atoms with E-state index in [4.69, 9.17) is 5.73 Å². The van der Waals surface area contributed by atoms with Crippen LogP contribution in [0.15, 0.2) is 24.3 Å². The molecule has 3 N–H and O–H groups in total. The van der Waals surface area contributed by atoms with Gasteiger partial charge in [-0.05, 0) is 24.5 Å². The third kappa shape index (κ3) is 2.89. The molecule has 98 valence electrons. The van der Waals surface area contributed by atoms with Gasteiger partial charge in [-0.1, -0.05) is 24.3 Å². The molecule has 4 heteroatoms. The minimum absolute atomic E-state index is 0.0299. The molecule has 0 bridgehead atoms. The normalized spacial score (nSPS) is 21.1. The van der Waals surface area contributed by atoms with E-state index in [1.54, 1.807) is 4.90 Å². The highest BCUT2D eigenvalue weighted by Gasteiger charge is 2.26. The lowest BCUT2D eigenvalue weighted by Crippen LogP contribution is -2.32. The minimum atomic E-state index is -0.372. The maximum Gasteiger partial charge on any atom is 0.224 e. The standard InChI is InChI=1S/C14H20N2O2/c1-10-4-2-3-5-12(10)13(15)8-14(18)16-7-6-11(17)9-16/h2-5,11,13,17H,6-9,15H2,1H3/t11?,13-/m0/s1. The van der Waals surface area contributed by atoms with E-state index in [2.05, 4.69) is 0 Å². The molecule has 0 aliphatic carbocycles. The van der Waals surface area contributed by atoms with E-state index in [0.29, 0.717) is 25.9 Å². The van der Waals surface area contributed by atoms with Gasteiger partial charge >= 0.3 is 0 Å². The molecule has 1 aliphatic heterocycles. The van der Waals surface area contributed by atoms with Gasteiger partial charge in [0.15, 0.2) is 0 Å². The first-order valence-electron chi connectivity index (χ1n) is 6.35. The summed E-state index contributed by atoms with van der Waals surface area (Å²) in [5, 5.41) is 9.42. The number of aliphatic hydroxyl groups is 1. The molecule has 18 heavy (non-hydrogen) atoms. The monoisotopic (exact) mass is 248 g/mol. The summed E-state index contributed by atoms with van der Waals surface area (Å²) in [5.41, 5.74) is 8.22. The average Bonchev–Trinajstić information content (AvgIpc) is 2.76. The molecule has 0 saturated carbocycles. The summed E-state index contributed by atoms with van der Waals surface area (Å²) in [5.74, 6) is 0.0299. The molecule has 2 atom stereocenters. The maximum absolute atomic E-state index is 12.0. The highest BCUT2D eigenvalue weighted by Crippen LogP contribution is 2.20. The van der Waals surface area contributed by atoms with Crippen LogP contribution in [0.4, 0.5) is 0 Å². The Morgan fingerprint density at radius 2 is 2.28 bits per heavy atom. The summed E-state index contributed by atoms with van der Waals surface area (Å²) in [6, 6.07) is 7.60. The van der Waals surface area contributed by atoms with E-state index in [-0.39, 0.29) is 18.1 Å². The maximum atomic E-state index is 12.0. The molecule has 1 saturated heterocycles. The van der Waals surface area contributed by atoms with Crippen LogP contribution in [0.2, 0.25) is 0 Å². The van der Waals surface area contributed by atoms with Crippen molar-refractivity contribution in [3.05, 3.63) is 35.4 Å². The van der Waals surface area contributed by atoms with Gasteiger partial charge in [0.25, 0.3) is 0 Å². The van der Waals surface area contributed by atoms with E-state index in [0.717, 1.165) is 11.1 Å². The van der Waals surface area contributed by atoms with Crippen LogP contribution in [0, 0.1) is 6.92 Å².